The molecule has 3 heterocycles. The molecule has 186 valence electrons. The second kappa shape index (κ2) is 9.69. The molecular weight excluding hydrogens is 489 g/mol. The van der Waals surface area contributed by atoms with Gasteiger partial charge in [0.25, 0.3) is 11.5 Å². The highest BCUT2D eigenvalue weighted by molar-refractivity contribution is 6.30. The molecule has 0 radical (unpaired) electrons. The van der Waals surface area contributed by atoms with Gasteiger partial charge in [-0.25, -0.2) is 14.4 Å². The number of methoxy groups -OCH3 is 1. The lowest BCUT2D eigenvalue weighted by Crippen LogP contribution is -2.25. The van der Waals surface area contributed by atoms with E-state index in [2.05, 4.69) is 20.4 Å². The zero-order valence-electron chi connectivity index (χ0n) is 19.6. The van der Waals surface area contributed by atoms with Gasteiger partial charge in [-0.05, 0) is 49.6 Å². The van der Waals surface area contributed by atoms with Crippen molar-refractivity contribution < 1.29 is 18.8 Å². The Kier molecular flexibility index (Phi) is 6.44. The Hall–Kier alpha value is -3.79. The predicted molar refractivity (Wildman–Crippen MR) is 130 cm³/mol. The van der Waals surface area contributed by atoms with Crippen LogP contribution >= 0.6 is 11.6 Å². The first-order chi connectivity index (χ1) is 17.3. The lowest BCUT2D eigenvalue weighted by atomic mass is 10.0. The normalized spacial score (nSPS) is 16.9. The molecule has 3 aromatic rings. The summed E-state index contributed by atoms with van der Waals surface area (Å²) in [7, 11) is 1.38. The van der Waals surface area contributed by atoms with Gasteiger partial charge in [0.2, 0.25) is 0 Å². The highest BCUT2D eigenvalue weighted by Gasteiger charge is 2.30. The molecule has 0 bridgehead atoms. The summed E-state index contributed by atoms with van der Waals surface area (Å²) < 4.78 is 20.3. The highest BCUT2D eigenvalue weighted by Crippen LogP contribution is 2.36. The third-order valence-corrected chi connectivity index (χ3v) is 6.31. The van der Waals surface area contributed by atoms with Crippen molar-refractivity contribution in [3.05, 3.63) is 86.1 Å². The predicted octanol–water partition coefficient (Wildman–Crippen LogP) is 3.88. The van der Waals surface area contributed by atoms with E-state index in [0.29, 0.717) is 29.2 Å². The van der Waals surface area contributed by atoms with Crippen LogP contribution in [0.5, 0.6) is 5.75 Å². The van der Waals surface area contributed by atoms with Gasteiger partial charge in [-0.3, -0.25) is 9.59 Å². The molecule has 1 aliphatic heterocycles. The maximum absolute atomic E-state index is 13.6. The van der Waals surface area contributed by atoms with Crippen molar-refractivity contribution in [2.45, 2.75) is 44.9 Å². The Morgan fingerprint density at radius 1 is 1.28 bits per heavy atom. The number of carbonyl (C=O) groups is 1. The number of pyridine rings is 1. The van der Waals surface area contributed by atoms with E-state index in [1.807, 2.05) is 0 Å². The van der Waals surface area contributed by atoms with Crippen LogP contribution in [0.4, 0.5) is 4.39 Å². The molecule has 1 saturated carbocycles. The molecule has 2 aromatic heterocycles. The highest BCUT2D eigenvalue weighted by atomic mass is 35.5. The van der Waals surface area contributed by atoms with Gasteiger partial charge in [-0.15, -0.1) is 0 Å². The molecule has 5 rings (SSSR count). The van der Waals surface area contributed by atoms with Crippen LogP contribution in [-0.4, -0.2) is 33.3 Å². The Bertz CT molecular complexity index is 1440. The van der Waals surface area contributed by atoms with Crippen molar-refractivity contribution in [3.8, 4) is 5.75 Å². The van der Waals surface area contributed by atoms with Crippen LogP contribution in [-0.2, 0) is 11.4 Å². The van der Waals surface area contributed by atoms with Crippen LogP contribution in [0.2, 0.25) is 5.02 Å². The molecule has 1 atom stereocenters. The fraction of sp³-hybridized carbons (Fsp3) is 0.320. The van der Waals surface area contributed by atoms with Crippen molar-refractivity contribution in [3.63, 3.8) is 0 Å². The van der Waals surface area contributed by atoms with E-state index in [4.69, 9.17) is 21.2 Å². The maximum Gasteiger partial charge on any atom is 0.270 e. The topological polar surface area (TPSA) is 108 Å². The van der Waals surface area contributed by atoms with Crippen molar-refractivity contribution in [1.29, 1.82) is 0 Å². The van der Waals surface area contributed by atoms with Crippen LogP contribution in [0.1, 0.15) is 64.5 Å². The zero-order valence-corrected chi connectivity index (χ0v) is 20.4. The number of hydrogen-bond acceptors (Lipinski definition) is 7. The summed E-state index contributed by atoms with van der Waals surface area (Å²) in [6.07, 6.45) is 3.65. The fourth-order valence-electron chi connectivity index (χ4n) is 4.01. The van der Waals surface area contributed by atoms with Crippen molar-refractivity contribution in [2.75, 3.05) is 7.11 Å². The van der Waals surface area contributed by atoms with Crippen LogP contribution in [0.15, 0.2) is 46.5 Å². The molecule has 1 aromatic carbocycles. The summed E-state index contributed by atoms with van der Waals surface area (Å²) in [6.45, 7) is 1.85. The summed E-state index contributed by atoms with van der Waals surface area (Å²) in [5.41, 5.74) is 2.42. The first-order valence-electron chi connectivity index (χ1n) is 11.4. The Balaban J connectivity index is 1.30. The molecule has 11 heteroatoms. The number of aryl methyl sites for hydroxylation is 1. The number of aromatic nitrogens is 3. The van der Waals surface area contributed by atoms with Gasteiger partial charge in [0.15, 0.2) is 17.7 Å². The number of benzene rings is 1. The summed E-state index contributed by atoms with van der Waals surface area (Å²) in [4.78, 5) is 39.4. The number of hydrogen-bond donors (Lipinski definition) is 1. The van der Waals surface area contributed by atoms with E-state index in [9.17, 15) is 14.0 Å². The van der Waals surface area contributed by atoms with Crippen molar-refractivity contribution in [1.82, 2.24) is 19.9 Å². The quantitative estimate of drug-likeness (QED) is 0.516. The maximum atomic E-state index is 13.6. The Labute approximate surface area is 210 Å². The Morgan fingerprint density at radius 2 is 2.08 bits per heavy atom. The average molecular weight is 512 g/mol. The van der Waals surface area contributed by atoms with Crippen LogP contribution < -0.4 is 15.6 Å². The standard InChI is InChI=1S/C25H23ClFN5O4/c1-13-29-19(9-21(30-13)24(33)28-11-14-3-6-18(27)23(7-14)35-2)20-10-22(36-31-20)15-8-17(26)25(34)32(12-15)16-4-5-16/h3,6-9,12,16,22H,4-5,10-11H2,1-2H3,(H,28,33). The lowest BCUT2D eigenvalue weighted by molar-refractivity contribution is 0.0851. The van der Waals surface area contributed by atoms with Crippen molar-refractivity contribution in [2.24, 2.45) is 5.16 Å². The Morgan fingerprint density at radius 3 is 2.83 bits per heavy atom. The van der Waals surface area contributed by atoms with Crippen LogP contribution in [0.3, 0.4) is 0 Å². The number of amides is 1. The molecule has 36 heavy (non-hydrogen) atoms. The zero-order chi connectivity index (χ0) is 25.4. The second-order valence-corrected chi connectivity index (χ2v) is 9.15. The summed E-state index contributed by atoms with van der Waals surface area (Å²) in [5, 5.41) is 7.10. The smallest absolute Gasteiger partial charge is 0.270 e. The number of ether oxygens (including phenoxy) is 1. The van der Waals surface area contributed by atoms with Gasteiger partial charge in [0.1, 0.15) is 22.3 Å². The largest absolute Gasteiger partial charge is 0.494 e. The van der Waals surface area contributed by atoms with E-state index in [-0.39, 0.29) is 34.6 Å². The van der Waals surface area contributed by atoms with Gasteiger partial charge in [-0.1, -0.05) is 22.8 Å². The van der Waals surface area contributed by atoms with Gasteiger partial charge in [0, 0.05) is 30.8 Å². The number of oxime groups is 1. The minimum atomic E-state index is -0.477. The SMILES string of the molecule is COc1cc(CNC(=O)c2cc(C3=NOC(c4cc(Cl)c(=O)n(C5CC5)c4)C3)nc(C)n2)ccc1F. The van der Waals surface area contributed by atoms with E-state index in [0.717, 1.165) is 18.4 Å². The van der Waals surface area contributed by atoms with Crippen LogP contribution in [0.25, 0.3) is 0 Å². The molecular formula is C25H23ClFN5O4. The molecule has 2 aliphatic rings. The van der Waals surface area contributed by atoms with E-state index < -0.39 is 17.8 Å². The number of nitrogens with zero attached hydrogens (tertiary/aromatic N) is 4. The van der Waals surface area contributed by atoms with Gasteiger partial charge >= 0.3 is 0 Å². The first kappa shape index (κ1) is 23.9. The monoisotopic (exact) mass is 511 g/mol. The third-order valence-electron chi connectivity index (χ3n) is 6.04. The van der Waals surface area contributed by atoms with E-state index >= 15 is 0 Å². The van der Waals surface area contributed by atoms with E-state index in [1.165, 1.54) is 19.2 Å². The molecule has 0 spiro atoms. The van der Waals surface area contributed by atoms with Crippen molar-refractivity contribution >= 4 is 23.2 Å². The molecule has 1 N–H and O–H groups in total. The minimum absolute atomic E-state index is 0.101. The number of carbonyl (C=O) groups excluding carboxylic acids is 1. The number of nitrogens with one attached hydrogen (secondary N) is 1. The molecule has 1 aliphatic carbocycles. The van der Waals surface area contributed by atoms with Crippen LogP contribution in [0, 0.1) is 12.7 Å². The summed E-state index contributed by atoms with van der Waals surface area (Å²) in [5.74, 6) is -0.387. The number of rotatable bonds is 7. The second-order valence-electron chi connectivity index (χ2n) is 8.74. The van der Waals surface area contributed by atoms with Gasteiger partial charge in [-0.2, -0.15) is 0 Å². The summed E-state index contributed by atoms with van der Waals surface area (Å²) >= 11 is 6.18. The minimum Gasteiger partial charge on any atom is -0.494 e. The molecule has 9 nitrogen and oxygen atoms in total. The summed E-state index contributed by atoms with van der Waals surface area (Å²) in [6, 6.07) is 7.72. The third kappa shape index (κ3) is 4.94. The molecule has 1 unspecified atom stereocenters. The molecule has 1 amide bonds. The molecule has 1 fully saturated rings. The molecule has 0 saturated heterocycles. The number of halogens is 2. The van der Waals surface area contributed by atoms with Gasteiger partial charge < -0.3 is 19.5 Å². The lowest BCUT2D eigenvalue weighted by Gasteiger charge is -2.12. The fourth-order valence-corrected chi connectivity index (χ4v) is 4.24. The first-order valence-corrected chi connectivity index (χ1v) is 11.8. The van der Waals surface area contributed by atoms with Gasteiger partial charge in [0.05, 0.1) is 12.8 Å². The van der Waals surface area contributed by atoms with E-state index in [1.54, 1.807) is 35.9 Å². The average Bonchev–Trinajstić information content (AvgIpc) is 3.59.